The molecule has 1 amide bonds. The second kappa shape index (κ2) is 11.1. The van der Waals surface area contributed by atoms with Crippen molar-refractivity contribution >= 4 is 30.3 Å². The van der Waals surface area contributed by atoms with E-state index in [0.717, 1.165) is 5.56 Å². The van der Waals surface area contributed by atoms with E-state index >= 15 is 0 Å². The second-order valence-electron chi connectivity index (χ2n) is 8.02. The highest BCUT2D eigenvalue weighted by molar-refractivity contribution is 5.87. The molecule has 0 bridgehead atoms. The van der Waals surface area contributed by atoms with E-state index in [1.54, 1.807) is 12.3 Å². The second-order valence-corrected chi connectivity index (χ2v) is 8.02. The van der Waals surface area contributed by atoms with E-state index < -0.39 is 11.7 Å². The molecule has 1 unspecified atom stereocenters. The van der Waals surface area contributed by atoms with Gasteiger partial charge in [-0.1, -0.05) is 43.3 Å². The molecule has 0 saturated heterocycles. The molecule has 0 aliphatic carbocycles. The number of hydrogen-bond acceptors (Lipinski definition) is 5. The summed E-state index contributed by atoms with van der Waals surface area (Å²) in [5.74, 6) is 0.317. The van der Waals surface area contributed by atoms with Crippen LogP contribution in [-0.2, 0) is 4.74 Å². The van der Waals surface area contributed by atoms with E-state index in [4.69, 9.17) is 4.74 Å². The van der Waals surface area contributed by atoms with Gasteiger partial charge in [0, 0.05) is 12.2 Å². The van der Waals surface area contributed by atoms with E-state index in [2.05, 4.69) is 15.0 Å². The number of aromatic nitrogens is 3. The standard InChI is InChI=1S/C24H30N4O3/c1-6-18(2)28(23(30)31-24(3,4)5)22-16-25-14-21(17-29)26-15-20(27-22)13-12-19-10-8-7-9-11-19/h7-18,26H,6H2,1-5H3. The molecular weight excluding hydrogens is 392 g/mol. The fraction of sp³-hybridized carbons (Fsp3) is 0.333. The average molecular weight is 423 g/mol. The molecule has 0 spiro atoms. The van der Waals surface area contributed by atoms with Crippen molar-refractivity contribution in [2.45, 2.75) is 52.7 Å². The van der Waals surface area contributed by atoms with Gasteiger partial charge in [-0.05, 0) is 45.8 Å². The van der Waals surface area contributed by atoms with Crippen LogP contribution in [0.1, 0.15) is 62.8 Å². The number of nitrogens with zero attached hydrogens (tertiary/aromatic N) is 3. The lowest BCUT2D eigenvalue weighted by molar-refractivity contribution is 0.0565. The summed E-state index contributed by atoms with van der Waals surface area (Å²) in [5.41, 5.74) is 1.12. The van der Waals surface area contributed by atoms with Gasteiger partial charge in [0.25, 0.3) is 0 Å². The maximum Gasteiger partial charge on any atom is 0.416 e. The van der Waals surface area contributed by atoms with E-state index in [-0.39, 0.29) is 11.7 Å². The fourth-order valence-electron chi connectivity index (χ4n) is 2.58. The first kappa shape index (κ1) is 23.8. The van der Waals surface area contributed by atoms with Crippen LogP contribution in [0.2, 0.25) is 0 Å². The summed E-state index contributed by atoms with van der Waals surface area (Å²) < 4.78 is 5.61. The molecule has 1 N–H and O–H groups in total. The number of hydrogen-bond donors (Lipinski definition) is 1. The largest absolute Gasteiger partial charge is 0.443 e. The van der Waals surface area contributed by atoms with Crippen molar-refractivity contribution < 1.29 is 14.3 Å². The molecule has 7 heteroatoms. The molecule has 0 aliphatic rings. The average Bonchev–Trinajstić information content (AvgIpc) is 2.82. The predicted molar refractivity (Wildman–Crippen MR) is 123 cm³/mol. The molecule has 164 valence electrons. The number of ether oxygens (including phenoxy) is 1. The van der Waals surface area contributed by atoms with Crippen LogP contribution in [0.4, 0.5) is 10.6 Å². The minimum Gasteiger partial charge on any atom is -0.443 e. The zero-order valence-electron chi connectivity index (χ0n) is 18.7. The number of aromatic amines is 1. The molecule has 1 heterocycles. The molecular formula is C24H30N4O3. The van der Waals surface area contributed by atoms with Crippen molar-refractivity contribution in [3.8, 4) is 0 Å². The first-order chi connectivity index (χ1) is 14.7. The molecule has 31 heavy (non-hydrogen) atoms. The quantitative estimate of drug-likeness (QED) is 0.625. The van der Waals surface area contributed by atoms with Gasteiger partial charge in [-0.25, -0.2) is 9.78 Å². The van der Waals surface area contributed by atoms with Crippen molar-refractivity contribution in [2.75, 3.05) is 4.90 Å². The molecule has 0 fully saturated rings. The summed E-state index contributed by atoms with van der Waals surface area (Å²) in [4.78, 5) is 37.5. The molecule has 2 rings (SSSR count). The Morgan fingerprint density at radius 1 is 1.19 bits per heavy atom. The molecule has 7 nitrogen and oxygen atoms in total. The summed E-state index contributed by atoms with van der Waals surface area (Å²) in [5, 5.41) is 0. The molecule has 0 radical (unpaired) electrons. The Bertz CT molecular complexity index is 960. The van der Waals surface area contributed by atoms with Gasteiger partial charge in [-0.3, -0.25) is 14.7 Å². The van der Waals surface area contributed by atoms with Gasteiger partial charge in [-0.15, -0.1) is 0 Å². The third kappa shape index (κ3) is 7.70. The molecule has 1 aromatic heterocycles. The van der Waals surface area contributed by atoms with Crippen LogP contribution in [0.15, 0.2) is 48.9 Å². The molecule has 1 atom stereocenters. The summed E-state index contributed by atoms with van der Waals surface area (Å²) in [6.45, 7) is 9.34. The van der Waals surface area contributed by atoms with Gasteiger partial charge >= 0.3 is 6.09 Å². The third-order valence-electron chi connectivity index (χ3n) is 4.28. The van der Waals surface area contributed by atoms with Gasteiger partial charge in [-0.2, -0.15) is 0 Å². The molecule has 0 saturated carbocycles. The predicted octanol–water partition coefficient (Wildman–Crippen LogP) is 5.45. The number of aldehydes is 1. The maximum atomic E-state index is 13.0. The van der Waals surface area contributed by atoms with Crippen LogP contribution in [-0.4, -0.2) is 39.0 Å². The van der Waals surface area contributed by atoms with Gasteiger partial charge in [0.1, 0.15) is 5.60 Å². The SMILES string of the molecule is CCC(C)N(C(=O)OC(C)(C)C)c1cncc(C=O)[nH]cc(C=Cc2ccccc2)n1. The van der Waals surface area contributed by atoms with Crippen LogP contribution in [0.5, 0.6) is 0 Å². The van der Waals surface area contributed by atoms with Gasteiger partial charge in [0.2, 0.25) is 0 Å². The first-order valence-electron chi connectivity index (χ1n) is 10.2. The minimum absolute atomic E-state index is 0.178. The normalized spacial score (nSPS) is 12.2. The maximum absolute atomic E-state index is 13.0. The van der Waals surface area contributed by atoms with Crippen LogP contribution in [0.25, 0.3) is 12.2 Å². The monoisotopic (exact) mass is 422 g/mol. The van der Waals surface area contributed by atoms with Gasteiger partial charge < -0.3 is 9.72 Å². The lowest BCUT2D eigenvalue weighted by Gasteiger charge is -2.30. The zero-order valence-corrected chi connectivity index (χ0v) is 18.7. The number of benzene rings is 1. The lowest BCUT2D eigenvalue weighted by Crippen LogP contribution is -2.42. The number of H-pyrrole nitrogens is 1. The first-order valence-corrected chi connectivity index (χ1v) is 10.2. The molecule has 1 aromatic carbocycles. The van der Waals surface area contributed by atoms with Crippen molar-refractivity contribution in [1.82, 2.24) is 15.0 Å². The summed E-state index contributed by atoms with van der Waals surface area (Å²) in [7, 11) is 0. The topological polar surface area (TPSA) is 88.2 Å². The minimum atomic E-state index is -0.656. The summed E-state index contributed by atoms with van der Waals surface area (Å²) in [6, 6.07) is 9.58. The Balaban J connectivity index is 2.61. The van der Waals surface area contributed by atoms with E-state index in [9.17, 15) is 9.59 Å². The van der Waals surface area contributed by atoms with Crippen molar-refractivity contribution in [3.63, 3.8) is 0 Å². The number of rotatable bonds is 6. The highest BCUT2D eigenvalue weighted by Crippen LogP contribution is 2.20. The third-order valence-corrected chi connectivity index (χ3v) is 4.28. The molecule has 2 aromatic rings. The zero-order chi connectivity index (χ0) is 22.9. The smallest absolute Gasteiger partial charge is 0.416 e. The van der Waals surface area contributed by atoms with Crippen molar-refractivity contribution in [3.05, 3.63) is 65.9 Å². The van der Waals surface area contributed by atoms with Gasteiger partial charge in [0.15, 0.2) is 12.1 Å². The van der Waals surface area contributed by atoms with Crippen LogP contribution in [0.3, 0.4) is 0 Å². The highest BCUT2D eigenvalue weighted by Gasteiger charge is 2.27. The number of anilines is 1. The highest BCUT2D eigenvalue weighted by atomic mass is 16.6. The lowest BCUT2D eigenvalue weighted by atomic mass is 10.2. The Morgan fingerprint density at radius 3 is 2.52 bits per heavy atom. The number of carbonyl (C=O) groups is 2. The molecule has 0 aliphatic heterocycles. The van der Waals surface area contributed by atoms with Crippen LogP contribution in [0, 0.1) is 0 Å². The summed E-state index contributed by atoms with van der Waals surface area (Å²) in [6.07, 6.45) is 8.98. The van der Waals surface area contributed by atoms with Crippen molar-refractivity contribution in [1.29, 1.82) is 0 Å². The van der Waals surface area contributed by atoms with Crippen LogP contribution < -0.4 is 4.90 Å². The van der Waals surface area contributed by atoms with E-state index in [0.29, 0.717) is 24.2 Å². The Hall–Kier alpha value is -3.48. The van der Waals surface area contributed by atoms with Crippen LogP contribution >= 0.6 is 0 Å². The van der Waals surface area contributed by atoms with E-state index in [1.807, 2.05) is 71.0 Å². The fourth-order valence-corrected chi connectivity index (χ4v) is 2.58. The van der Waals surface area contributed by atoms with Crippen molar-refractivity contribution in [2.24, 2.45) is 0 Å². The van der Waals surface area contributed by atoms with Gasteiger partial charge in [0.05, 0.1) is 23.8 Å². The Labute approximate surface area is 183 Å². The Kier molecular flexibility index (Phi) is 8.49. The number of nitrogens with one attached hydrogen (secondary N) is 1. The number of amides is 1. The Morgan fingerprint density at radius 2 is 1.90 bits per heavy atom. The van der Waals surface area contributed by atoms with E-state index in [1.165, 1.54) is 17.3 Å². The summed E-state index contributed by atoms with van der Waals surface area (Å²) >= 11 is 0. The number of carbonyl (C=O) groups excluding carboxylic acids is 2.